The van der Waals surface area contributed by atoms with Crippen LogP contribution in [0.2, 0.25) is 0 Å². The van der Waals surface area contributed by atoms with Gasteiger partial charge in [0.15, 0.2) is 15.6 Å². The van der Waals surface area contributed by atoms with Gasteiger partial charge in [-0.3, -0.25) is 4.79 Å². The van der Waals surface area contributed by atoms with Crippen molar-refractivity contribution in [3.05, 3.63) is 59.3 Å². The van der Waals surface area contributed by atoms with E-state index in [2.05, 4.69) is 5.10 Å². The zero-order valence-corrected chi connectivity index (χ0v) is 18.3. The van der Waals surface area contributed by atoms with Gasteiger partial charge in [-0.05, 0) is 63.1 Å². The molecular formula is C22H24N2O5S. The molecule has 0 unspecified atom stereocenters. The number of aromatic nitrogens is 2. The summed E-state index contributed by atoms with van der Waals surface area (Å²) in [5.41, 5.74) is 1.17. The van der Waals surface area contributed by atoms with Crippen molar-refractivity contribution >= 4 is 15.6 Å². The summed E-state index contributed by atoms with van der Waals surface area (Å²) in [5, 5.41) is 24.3. The maximum atomic E-state index is 13.2. The van der Waals surface area contributed by atoms with Crippen LogP contribution in [-0.2, 0) is 15.4 Å². The minimum absolute atomic E-state index is 0.0387. The molecule has 0 aliphatic heterocycles. The second-order valence-corrected chi connectivity index (χ2v) is 10.2. The summed E-state index contributed by atoms with van der Waals surface area (Å²) in [6.45, 7) is 7.21. The van der Waals surface area contributed by atoms with Crippen molar-refractivity contribution in [3.8, 4) is 22.8 Å². The number of phenolic OH excluding ortho intramolecular Hbond substituents is 1. The summed E-state index contributed by atoms with van der Waals surface area (Å²) in [6.07, 6.45) is 2.42. The summed E-state index contributed by atoms with van der Waals surface area (Å²) in [7, 11) is -3.58. The molecule has 0 saturated carbocycles. The molecule has 0 spiro atoms. The van der Waals surface area contributed by atoms with Gasteiger partial charge in [0, 0.05) is 17.4 Å². The quantitative estimate of drug-likeness (QED) is 0.614. The molecule has 3 aromatic rings. The van der Waals surface area contributed by atoms with Gasteiger partial charge >= 0.3 is 0 Å². The van der Waals surface area contributed by atoms with Crippen LogP contribution < -0.4 is 0 Å². The van der Waals surface area contributed by atoms with Crippen LogP contribution in [0.1, 0.15) is 42.3 Å². The molecule has 0 bridgehead atoms. The Morgan fingerprint density at radius 2 is 1.60 bits per heavy atom. The van der Waals surface area contributed by atoms with Gasteiger partial charge in [-0.2, -0.15) is 5.10 Å². The van der Waals surface area contributed by atoms with Gasteiger partial charge in [-0.25, -0.2) is 13.1 Å². The molecular weight excluding hydrogens is 404 g/mol. The smallest absolute Gasteiger partial charge is 0.221 e. The fraction of sp³-hybridized carbons (Fsp3) is 0.273. The molecule has 0 aliphatic rings. The largest absolute Gasteiger partial charge is 0.508 e. The molecule has 0 saturated heterocycles. The molecule has 0 radical (unpaired) electrons. The van der Waals surface area contributed by atoms with Gasteiger partial charge in [0.25, 0.3) is 0 Å². The van der Waals surface area contributed by atoms with E-state index in [0.717, 1.165) is 6.26 Å². The van der Waals surface area contributed by atoms with Crippen molar-refractivity contribution < 1.29 is 23.4 Å². The molecule has 30 heavy (non-hydrogen) atoms. The standard InChI is InChI=1S/C22H24N2O5S/c1-13-16(20(26)17-12-23-24(21(17)27)22(2,3)4)10-11-18(30(5,28)29)19(13)14-6-8-15(25)9-7-14/h6-12,25,27H,1-5H3. The minimum atomic E-state index is -3.58. The number of carbonyl (C=O) groups excluding carboxylic acids is 1. The number of carbonyl (C=O) groups is 1. The maximum Gasteiger partial charge on any atom is 0.221 e. The fourth-order valence-corrected chi connectivity index (χ4v) is 4.32. The van der Waals surface area contributed by atoms with Crippen molar-refractivity contribution in [1.29, 1.82) is 0 Å². The van der Waals surface area contributed by atoms with Gasteiger partial charge in [-0.1, -0.05) is 12.1 Å². The Morgan fingerprint density at radius 3 is 2.10 bits per heavy atom. The fourth-order valence-electron chi connectivity index (χ4n) is 3.37. The number of hydrogen-bond donors (Lipinski definition) is 2. The highest BCUT2D eigenvalue weighted by Crippen LogP contribution is 2.35. The predicted molar refractivity (Wildman–Crippen MR) is 114 cm³/mol. The second kappa shape index (κ2) is 7.28. The lowest BCUT2D eigenvalue weighted by Crippen LogP contribution is -2.22. The molecule has 2 aromatic carbocycles. The molecule has 1 heterocycles. The molecule has 3 rings (SSSR count). The van der Waals surface area contributed by atoms with Crippen molar-refractivity contribution in [2.24, 2.45) is 0 Å². The first-order valence-corrected chi connectivity index (χ1v) is 11.2. The van der Waals surface area contributed by atoms with E-state index in [1.165, 1.54) is 35.1 Å². The highest BCUT2D eigenvalue weighted by atomic mass is 32.2. The Labute approximate surface area is 175 Å². The monoisotopic (exact) mass is 428 g/mol. The van der Waals surface area contributed by atoms with Crippen LogP contribution in [0.5, 0.6) is 11.6 Å². The molecule has 158 valence electrons. The first-order valence-electron chi connectivity index (χ1n) is 9.27. The zero-order valence-electron chi connectivity index (χ0n) is 17.5. The highest BCUT2D eigenvalue weighted by molar-refractivity contribution is 7.90. The highest BCUT2D eigenvalue weighted by Gasteiger charge is 2.27. The number of nitrogens with zero attached hydrogens (tertiary/aromatic N) is 2. The van der Waals surface area contributed by atoms with Gasteiger partial charge in [-0.15, -0.1) is 0 Å². The van der Waals surface area contributed by atoms with E-state index >= 15 is 0 Å². The molecule has 0 fully saturated rings. The van der Waals surface area contributed by atoms with Gasteiger partial charge in [0.1, 0.15) is 11.3 Å². The Bertz CT molecular complexity index is 1230. The predicted octanol–water partition coefficient (Wildman–Crippen LogP) is 3.66. The van der Waals surface area contributed by atoms with E-state index < -0.39 is 21.2 Å². The minimum Gasteiger partial charge on any atom is -0.508 e. The third kappa shape index (κ3) is 3.82. The van der Waals surface area contributed by atoms with Crippen LogP contribution in [0.4, 0.5) is 0 Å². The Kier molecular flexibility index (Phi) is 5.24. The number of sulfone groups is 1. The van der Waals surface area contributed by atoms with Crippen LogP contribution in [0.15, 0.2) is 47.5 Å². The van der Waals surface area contributed by atoms with Crippen molar-refractivity contribution in [3.63, 3.8) is 0 Å². The molecule has 0 aliphatic carbocycles. The molecule has 0 atom stereocenters. The van der Waals surface area contributed by atoms with Crippen LogP contribution in [0.25, 0.3) is 11.1 Å². The van der Waals surface area contributed by atoms with Crippen molar-refractivity contribution in [2.75, 3.05) is 6.26 Å². The topological polar surface area (TPSA) is 109 Å². The summed E-state index contributed by atoms with van der Waals surface area (Å²) in [4.78, 5) is 13.3. The van der Waals surface area contributed by atoms with E-state index in [1.807, 2.05) is 20.8 Å². The summed E-state index contributed by atoms with van der Waals surface area (Å²) < 4.78 is 26.1. The normalized spacial score (nSPS) is 12.2. The van der Waals surface area contributed by atoms with Crippen LogP contribution >= 0.6 is 0 Å². The lowest BCUT2D eigenvalue weighted by atomic mass is 9.92. The van der Waals surface area contributed by atoms with E-state index in [9.17, 15) is 23.4 Å². The second-order valence-electron chi connectivity index (χ2n) is 8.22. The summed E-state index contributed by atoms with van der Waals surface area (Å²) in [5.74, 6) is -0.657. The Balaban J connectivity index is 2.23. The molecule has 0 amide bonds. The molecule has 2 N–H and O–H groups in total. The Morgan fingerprint density at radius 1 is 1.00 bits per heavy atom. The number of ketones is 1. The number of rotatable bonds is 4. The van der Waals surface area contributed by atoms with E-state index in [-0.39, 0.29) is 27.7 Å². The average Bonchev–Trinajstić information content (AvgIpc) is 3.03. The van der Waals surface area contributed by atoms with Gasteiger partial charge in [0.2, 0.25) is 5.88 Å². The summed E-state index contributed by atoms with van der Waals surface area (Å²) in [6, 6.07) is 8.93. The van der Waals surface area contributed by atoms with E-state index in [1.54, 1.807) is 19.1 Å². The zero-order chi connectivity index (χ0) is 22.4. The first-order chi connectivity index (χ1) is 13.8. The SMILES string of the molecule is Cc1c(C(=O)c2cnn(C(C)(C)C)c2O)ccc(S(C)(=O)=O)c1-c1ccc(O)cc1. The number of aromatic hydroxyl groups is 2. The number of hydrogen-bond acceptors (Lipinski definition) is 6. The van der Waals surface area contributed by atoms with Crippen LogP contribution in [-0.4, -0.2) is 40.5 Å². The van der Waals surface area contributed by atoms with Crippen LogP contribution in [0.3, 0.4) is 0 Å². The molecule has 1 aromatic heterocycles. The number of benzene rings is 2. The first kappa shape index (κ1) is 21.6. The van der Waals surface area contributed by atoms with E-state index in [0.29, 0.717) is 16.7 Å². The summed E-state index contributed by atoms with van der Waals surface area (Å²) >= 11 is 0. The van der Waals surface area contributed by atoms with Crippen LogP contribution in [0, 0.1) is 6.92 Å². The Hall–Kier alpha value is -3.13. The molecule has 8 heteroatoms. The maximum absolute atomic E-state index is 13.2. The van der Waals surface area contributed by atoms with E-state index in [4.69, 9.17) is 0 Å². The molecule has 7 nitrogen and oxygen atoms in total. The average molecular weight is 429 g/mol. The van der Waals surface area contributed by atoms with Crippen molar-refractivity contribution in [1.82, 2.24) is 9.78 Å². The van der Waals surface area contributed by atoms with Gasteiger partial charge in [0.05, 0.1) is 16.6 Å². The lowest BCUT2D eigenvalue weighted by molar-refractivity contribution is 0.103. The third-order valence-electron chi connectivity index (χ3n) is 4.85. The lowest BCUT2D eigenvalue weighted by Gasteiger charge is -2.20. The van der Waals surface area contributed by atoms with Gasteiger partial charge < -0.3 is 10.2 Å². The van der Waals surface area contributed by atoms with Crippen molar-refractivity contribution in [2.45, 2.75) is 38.1 Å². The number of phenols is 1. The third-order valence-corrected chi connectivity index (χ3v) is 5.99.